The molecule has 0 aliphatic heterocycles. The van der Waals surface area contributed by atoms with Gasteiger partial charge in [0.05, 0.1) is 11.3 Å². The third-order valence-corrected chi connectivity index (χ3v) is 3.46. The molecule has 0 fully saturated rings. The summed E-state index contributed by atoms with van der Waals surface area (Å²) in [6.45, 7) is 1.97. The molecule has 2 N–H and O–H groups in total. The lowest BCUT2D eigenvalue weighted by atomic mass is 10.2. The number of hydrogen-bond acceptors (Lipinski definition) is 2. The summed E-state index contributed by atoms with van der Waals surface area (Å²) < 4.78 is 0. The molecule has 0 aliphatic carbocycles. The second kappa shape index (κ2) is 5.02. The van der Waals surface area contributed by atoms with E-state index < -0.39 is 0 Å². The van der Waals surface area contributed by atoms with Gasteiger partial charge in [-0.2, -0.15) is 0 Å². The number of halogens is 1. The number of H-pyrrole nitrogens is 1. The van der Waals surface area contributed by atoms with Crippen LogP contribution >= 0.6 is 11.6 Å². The zero-order chi connectivity index (χ0) is 14.1. The third-order valence-electron chi connectivity index (χ3n) is 3.23. The van der Waals surface area contributed by atoms with E-state index in [0.717, 1.165) is 22.2 Å². The van der Waals surface area contributed by atoms with Gasteiger partial charge in [0.2, 0.25) is 0 Å². The molecule has 1 aromatic heterocycles. The van der Waals surface area contributed by atoms with Crippen LogP contribution in [0.15, 0.2) is 47.5 Å². The Morgan fingerprint density at radius 2 is 2.00 bits per heavy atom. The molecule has 0 amide bonds. The lowest BCUT2D eigenvalue weighted by molar-refractivity contribution is 0.457. The molecule has 0 unspecified atom stereocenters. The zero-order valence-corrected chi connectivity index (χ0v) is 11.6. The van der Waals surface area contributed by atoms with Crippen LogP contribution in [0, 0.1) is 6.92 Å². The third kappa shape index (κ3) is 2.28. The monoisotopic (exact) mass is 284 g/mol. The maximum Gasteiger partial charge on any atom is 0.198 e. The number of aryl methyl sites for hydroxylation is 1. The molecule has 0 bridgehead atoms. The highest BCUT2D eigenvalue weighted by Crippen LogP contribution is 2.27. The van der Waals surface area contributed by atoms with Crippen molar-refractivity contribution in [2.75, 3.05) is 0 Å². The molecule has 100 valence electrons. The van der Waals surface area contributed by atoms with Gasteiger partial charge in [-0.15, -0.1) is 0 Å². The number of aliphatic imine (C=N–C) groups is 1. The van der Waals surface area contributed by atoms with Crippen molar-refractivity contribution < 1.29 is 5.11 Å². The first kappa shape index (κ1) is 12.8. The van der Waals surface area contributed by atoms with E-state index in [1.54, 1.807) is 12.3 Å². The number of hydrogen-bond donors (Lipinski definition) is 2. The first-order valence-corrected chi connectivity index (χ1v) is 6.63. The van der Waals surface area contributed by atoms with Gasteiger partial charge in [0, 0.05) is 22.1 Å². The van der Waals surface area contributed by atoms with Crippen LogP contribution in [0.5, 0.6) is 5.88 Å². The number of rotatable bonds is 2. The molecule has 4 heteroatoms. The number of para-hydroxylation sites is 1. The number of nitrogens with zero attached hydrogens (tertiary/aromatic N) is 1. The summed E-state index contributed by atoms with van der Waals surface area (Å²) in [5.74, 6) is 0.120. The van der Waals surface area contributed by atoms with E-state index in [1.165, 1.54) is 0 Å². The Hall–Kier alpha value is -2.26. The molecule has 3 rings (SSSR count). The Morgan fingerprint density at radius 1 is 1.20 bits per heavy atom. The average Bonchev–Trinajstić information content (AvgIpc) is 2.75. The normalized spacial score (nSPS) is 11.5. The average molecular weight is 285 g/mol. The van der Waals surface area contributed by atoms with E-state index in [-0.39, 0.29) is 5.88 Å². The van der Waals surface area contributed by atoms with Crippen LogP contribution in [0.4, 0.5) is 5.69 Å². The Labute approximate surface area is 121 Å². The fourth-order valence-corrected chi connectivity index (χ4v) is 2.30. The van der Waals surface area contributed by atoms with Gasteiger partial charge in [0.25, 0.3) is 0 Å². The molecule has 0 atom stereocenters. The van der Waals surface area contributed by atoms with E-state index in [1.807, 2.05) is 43.3 Å². The smallest absolute Gasteiger partial charge is 0.198 e. The Morgan fingerprint density at radius 3 is 2.85 bits per heavy atom. The lowest BCUT2D eigenvalue weighted by Gasteiger charge is -2.00. The van der Waals surface area contributed by atoms with Crippen molar-refractivity contribution in [2.24, 2.45) is 4.99 Å². The molecule has 3 aromatic rings. The van der Waals surface area contributed by atoms with Gasteiger partial charge in [0.15, 0.2) is 5.88 Å². The number of aromatic nitrogens is 1. The van der Waals surface area contributed by atoms with Gasteiger partial charge in [-0.05, 0) is 30.7 Å². The van der Waals surface area contributed by atoms with Crippen molar-refractivity contribution in [1.82, 2.24) is 4.98 Å². The minimum absolute atomic E-state index is 0.120. The van der Waals surface area contributed by atoms with Crippen LogP contribution in [0.25, 0.3) is 10.9 Å². The van der Waals surface area contributed by atoms with Crippen LogP contribution in [0.2, 0.25) is 5.02 Å². The summed E-state index contributed by atoms with van der Waals surface area (Å²) in [6, 6.07) is 13.3. The SMILES string of the molecule is Cc1ccc(Cl)cc1N=Cc1c(O)[nH]c2ccccc12. The molecule has 0 saturated carbocycles. The number of aromatic amines is 1. The fraction of sp³-hybridized carbons (Fsp3) is 0.0625. The van der Waals surface area contributed by atoms with Crippen molar-refractivity contribution in [3.05, 3.63) is 58.6 Å². The molecule has 20 heavy (non-hydrogen) atoms. The van der Waals surface area contributed by atoms with E-state index in [4.69, 9.17) is 11.6 Å². The topological polar surface area (TPSA) is 48.4 Å². The standard InChI is InChI=1S/C16H13ClN2O/c1-10-6-7-11(17)8-15(10)18-9-13-12-4-2-3-5-14(12)19-16(13)20/h2-9,19-20H,1H3. The molecule has 2 aromatic carbocycles. The van der Waals surface area contributed by atoms with E-state index in [9.17, 15) is 5.11 Å². The van der Waals surface area contributed by atoms with Crippen molar-refractivity contribution in [1.29, 1.82) is 0 Å². The lowest BCUT2D eigenvalue weighted by Crippen LogP contribution is -1.80. The highest BCUT2D eigenvalue weighted by Gasteiger charge is 2.08. The largest absolute Gasteiger partial charge is 0.494 e. The van der Waals surface area contributed by atoms with Crippen molar-refractivity contribution >= 4 is 34.4 Å². The number of nitrogens with one attached hydrogen (secondary N) is 1. The van der Waals surface area contributed by atoms with Gasteiger partial charge in [0.1, 0.15) is 0 Å². The van der Waals surface area contributed by atoms with Gasteiger partial charge >= 0.3 is 0 Å². The van der Waals surface area contributed by atoms with Gasteiger partial charge in [-0.1, -0.05) is 35.9 Å². The predicted octanol–water partition coefficient (Wildman–Crippen LogP) is 4.59. The summed E-state index contributed by atoms with van der Waals surface area (Å²) in [6.07, 6.45) is 1.66. The molecule has 3 nitrogen and oxygen atoms in total. The van der Waals surface area contributed by atoms with Crippen LogP contribution in [0.3, 0.4) is 0 Å². The fourth-order valence-electron chi connectivity index (χ4n) is 2.14. The molecular formula is C16H13ClN2O. The van der Waals surface area contributed by atoms with Crippen LogP contribution in [-0.4, -0.2) is 16.3 Å². The minimum atomic E-state index is 0.120. The summed E-state index contributed by atoms with van der Waals surface area (Å²) in [5.41, 5.74) is 3.39. The number of benzene rings is 2. The molecular weight excluding hydrogens is 272 g/mol. The Balaban J connectivity index is 2.06. The predicted molar refractivity (Wildman–Crippen MR) is 83.4 cm³/mol. The minimum Gasteiger partial charge on any atom is -0.494 e. The second-order valence-corrected chi connectivity index (χ2v) is 5.06. The van der Waals surface area contributed by atoms with Crippen LogP contribution < -0.4 is 0 Å². The Bertz CT molecular complexity index is 805. The molecule has 0 spiro atoms. The van der Waals surface area contributed by atoms with E-state index in [2.05, 4.69) is 9.98 Å². The quantitative estimate of drug-likeness (QED) is 0.665. The van der Waals surface area contributed by atoms with Gasteiger partial charge in [-0.25, -0.2) is 0 Å². The highest BCUT2D eigenvalue weighted by atomic mass is 35.5. The number of aromatic hydroxyl groups is 1. The first-order chi connectivity index (χ1) is 9.65. The van der Waals surface area contributed by atoms with Crippen molar-refractivity contribution in [3.63, 3.8) is 0 Å². The summed E-state index contributed by atoms with van der Waals surface area (Å²) >= 11 is 5.97. The van der Waals surface area contributed by atoms with Gasteiger partial charge in [-0.3, -0.25) is 4.99 Å². The van der Waals surface area contributed by atoms with Crippen LogP contribution in [0.1, 0.15) is 11.1 Å². The van der Waals surface area contributed by atoms with E-state index >= 15 is 0 Å². The van der Waals surface area contributed by atoms with Crippen molar-refractivity contribution in [2.45, 2.75) is 6.92 Å². The van der Waals surface area contributed by atoms with E-state index in [0.29, 0.717) is 10.6 Å². The molecule has 0 radical (unpaired) electrons. The zero-order valence-electron chi connectivity index (χ0n) is 10.9. The maximum absolute atomic E-state index is 9.96. The van der Waals surface area contributed by atoms with Gasteiger partial charge < -0.3 is 10.1 Å². The summed E-state index contributed by atoms with van der Waals surface area (Å²) in [7, 11) is 0. The molecule has 0 aliphatic rings. The van der Waals surface area contributed by atoms with Crippen LogP contribution in [-0.2, 0) is 0 Å². The van der Waals surface area contributed by atoms with Crippen molar-refractivity contribution in [3.8, 4) is 5.88 Å². The highest BCUT2D eigenvalue weighted by molar-refractivity contribution is 6.30. The summed E-state index contributed by atoms with van der Waals surface area (Å²) in [4.78, 5) is 7.36. The number of fused-ring (bicyclic) bond motifs is 1. The first-order valence-electron chi connectivity index (χ1n) is 6.25. The summed E-state index contributed by atoms with van der Waals surface area (Å²) in [5, 5.41) is 11.5. The Kier molecular flexibility index (Phi) is 3.20. The molecule has 1 heterocycles. The maximum atomic E-state index is 9.96. The second-order valence-electron chi connectivity index (χ2n) is 4.62. The molecule has 0 saturated heterocycles.